The van der Waals surface area contributed by atoms with Crippen LogP contribution < -0.4 is 5.32 Å². The van der Waals surface area contributed by atoms with Crippen molar-refractivity contribution in [1.82, 2.24) is 5.32 Å². The van der Waals surface area contributed by atoms with Crippen molar-refractivity contribution in [2.45, 2.75) is 49.9 Å². The Balaban J connectivity index is 2.08. The highest BCUT2D eigenvalue weighted by atomic mass is 32.2. The molecule has 1 fully saturated rings. The second-order valence-electron chi connectivity index (χ2n) is 4.71. The van der Waals surface area contributed by atoms with Gasteiger partial charge in [-0.3, -0.25) is 4.21 Å². The lowest BCUT2D eigenvalue weighted by molar-refractivity contribution is 0.0479. The molecule has 3 nitrogen and oxygen atoms in total. The van der Waals surface area contributed by atoms with E-state index in [1.807, 2.05) is 6.92 Å². The lowest BCUT2D eigenvalue weighted by atomic mass is 10.0. The fourth-order valence-corrected chi connectivity index (χ4v) is 2.45. The number of nitrogens with one attached hydrogen (secondary N) is 1. The predicted octanol–water partition coefficient (Wildman–Crippen LogP) is 1.04. The van der Waals surface area contributed by atoms with E-state index in [0.29, 0.717) is 6.54 Å². The zero-order valence-corrected chi connectivity index (χ0v) is 10.6. The van der Waals surface area contributed by atoms with Gasteiger partial charge in [0, 0.05) is 28.9 Å². The molecule has 0 spiro atoms. The second kappa shape index (κ2) is 5.97. The third-order valence-corrected chi connectivity index (χ3v) is 4.65. The standard InChI is InChI=1S/C11H23NO2S/c1-10(15(2)14)5-8-12-9-11(13)6-3-4-7-11/h10,12-13H,3-9H2,1-2H3. The predicted molar refractivity (Wildman–Crippen MR) is 64.4 cm³/mol. The van der Waals surface area contributed by atoms with Gasteiger partial charge in [-0.2, -0.15) is 0 Å². The molecular weight excluding hydrogens is 210 g/mol. The molecule has 1 aliphatic rings. The lowest BCUT2D eigenvalue weighted by Crippen LogP contribution is -2.38. The van der Waals surface area contributed by atoms with Crippen LogP contribution in [0.15, 0.2) is 0 Å². The summed E-state index contributed by atoms with van der Waals surface area (Å²) in [4.78, 5) is 0. The average molecular weight is 233 g/mol. The first-order chi connectivity index (χ1) is 7.03. The van der Waals surface area contributed by atoms with E-state index in [1.165, 1.54) is 0 Å². The Labute approximate surface area is 95.1 Å². The maximum Gasteiger partial charge on any atom is 0.0771 e. The molecule has 1 aliphatic carbocycles. The summed E-state index contributed by atoms with van der Waals surface area (Å²) in [5, 5.41) is 13.6. The molecule has 0 aromatic heterocycles. The maximum atomic E-state index is 11.1. The van der Waals surface area contributed by atoms with Gasteiger partial charge in [-0.25, -0.2) is 0 Å². The van der Waals surface area contributed by atoms with Crippen LogP contribution in [0.2, 0.25) is 0 Å². The summed E-state index contributed by atoms with van der Waals surface area (Å²) >= 11 is 0. The van der Waals surface area contributed by atoms with Crippen molar-refractivity contribution in [2.24, 2.45) is 0 Å². The summed E-state index contributed by atoms with van der Waals surface area (Å²) in [7, 11) is -0.729. The van der Waals surface area contributed by atoms with Crippen LogP contribution in [-0.4, -0.2) is 39.5 Å². The lowest BCUT2D eigenvalue weighted by Gasteiger charge is -2.22. The van der Waals surface area contributed by atoms with E-state index in [4.69, 9.17) is 0 Å². The Morgan fingerprint density at radius 1 is 1.47 bits per heavy atom. The van der Waals surface area contributed by atoms with Gasteiger partial charge in [0.25, 0.3) is 0 Å². The monoisotopic (exact) mass is 233 g/mol. The Bertz CT molecular complexity index is 215. The van der Waals surface area contributed by atoms with Gasteiger partial charge in [-0.1, -0.05) is 19.8 Å². The van der Waals surface area contributed by atoms with Crippen molar-refractivity contribution in [3.63, 3.8) is 0 Å². The van der Waals surface area contributed by atoms with Gasteiger partial charge in [0.05, 0.1) is 5.60 Å². The highest BCUT2D eigenvalue weighted by Crippen LogP contribution is 2.28. The van der Waals surface area contributed by atoms with Gasteiger partial charge in [-0.15, -0.1) is 0 Å². The SMILES string of the molecule is CC(CCNCC1(O)CCCC1)S(C)=O. The van der Waals surface area contributed by atoms with Crippen LogP contribution in [0.3, 0.4) is 0 Å². The molecule has 2 atom stereocenters. The zero-order chi connectivity index (χ0) is 11.3. The number of hydrogen-bond acceptors (Lipinski definition) is 3. The molecule has 15 heavy (non-hydrogen) atoms. The van der Waals surface area contributed by atoms with Crippen LogP contribution in [0.1, 0.15) is 39.0 Å². The molecule has 4 heteroatoms. The quantitative estimate of drug-likeness (QED) is 0.674. The van der Waals surface area contributed by atoms with Crippen molar-refractivity contribution in [3.8, 4) is 0 Å². The summed E-state index contributed by atoms with van der Waals surface area (Å²) in [6, 6.07) is 0. The molecule has 0 saturated heterocycles. The minimum absolute atomic E-state index is 0.246. The maximum absolute atomic E-state index is 11.1. The minimum atomic E-state index is -0.729. The molecule has 0 aromatic rings. The van der Waals surface area contributed by atoms with Crippen LogP contribution in [0.25, 0.3) is 0 Å². The molecular formula is C11H23NO2S. The summed E-state index contributed by atoms with van der Waals surface area (Å²) in [5.41, 5.74) is -0.464. The van der Waals surface area contributed by atoms with E-state index in [0.717, 1.165) is 38.6 Å². The topological polar surface area (TPSA) is 49.3 Å². The minimum Gasteiger partial charge on any atom is -0.389 e. The molecule has 1 saturated carbocycles. The molecule has 0 heterocycles. The van der Waals surface area contributed by atoms with Crippen LogP contribution in [0.5, 0.6) is 0 Å². The zero-order valence-electron chi connectivity index (χ0n) is 9.79. The van der Waals surface area contributed by atoms with Gasteiger partial charge in [0.2, 0.25) is 0 Å². The van der Waals surface area contributed by atoms with Gasteiger partial charge in [0.1, 0.15) is 0 Å². The molecule has 0 aliphatic heterocycles. The van der Waals surface area contributed by atoms with E-state index in [2.05, 4.69) is 5.32 Å². The average Bonchev–Trinajstić information content (AvgIpc) is 2.60. The van der Waals surface area contributed by atoms with Gasteiger partial charge in [-0.05, 0) is 25.8 Å². The fourth-order valence-electron chi connectivity index (χ4n) is 2.00. The third kappa shape index (κ3) is 4.62. The van der Waals surface area contributed by atoms with Crippen molar-refractivity contribution in [2.75, 3.05) is 19.3 Å². The second-order valence-corrected chi connectivity index (χ2v) is 6.51. The van der Waals surface area contributed by atoms with E-state index < -0.39 is 16.4 Å². The summed E-state index contributed by atoms with van der Waals surface area (Å²) in [6.45, 7) is 3.54. The third-order valence-electron chi connectivity index (χ3n) is 3.28. The Morgan fingerprint density at radius 3 is 2.60 bits per heavy atom. The normalized spacial score (nSPS) is 23.9. The van der Waals surface area contributed by atoms with E-state index in [1.54, 1.807) is 6.26 Å². The first-order valence-corrected chi connectivity index (χ1v) is 7.41. The summed E-state index contributed by atoms with van der Waals surface area (Å²) in [5.74, 6) is 0. The molecule has 0 bridgehead atoms. The smallest absolute Gasteiger partial charge is 0.0771 e. The van der Waals surface area contributed by atoms with Crippen molar-refractivity contribution in [1.29, 1.82) is 0 Å². The van der Waals surface area contributed by atoms with Crippen LogP contribution >= 0.6 is 0 Å². The number of rotatable bonds is 6. The van der Waals surface area contributed by atoms with Crippen LogP contribution in [-0.2, 0) is 10.8 Å². The van der Waals surface area contributed by atoms with Crippen molar-refractivity contribution < 1.29 is 9.32 Å². The molecule has 2 unspecified atom stereocenters. The van der Waals surface area contributed by atoms with Crippen LogP contribution in [0, 0.1) is 0 Å². The highest BCUT2D eigenvalue weighted by molar-refractivity contribution is 7.84. The molecule has 0 aromatic carbocycles. The molecule has 90 valence electrons. The Hall–Kier alpha value is 0.0700. The Morgan fingerprint density at radius 2 is 2.07 bits per heavy atom. The van der Waals surface area contributed by atoms with Crippen LogP contribution in [0.4, 0.5) is 0 Å². The fraction of sp³-hybridized carbons (Fsp3) is 1.00. The number of hydrogen-bond donors (Lipinski definition) is 2. The van der Waals surface area contributed by atoms with Gasteiger partial charge < -0.3 is 10.4 Å². The molecule has 0 radical (unpaired) electrons. The van der Waals surface area contributed by atoms with E-state index in [9.17, 15) is 9.32 Å². The highest BCUT2D eigenvalue weighted by Gasteiger charge is 2.30. The largest absolute Gasteiger partial charge is 0.389 e. The first kappa shape index (κ1) is 13.1. The van der Waals surface area contributed by atoms with Crippen molar-refractivity contribution in [3.05, 3.63) is 0 Å². The van der Waals surface area contributed by atoms with Gasteiger partial charge in [0.15, 0.2) is 0 Å². The molecule has 2 N–H and O–H groups in total. The first-order valence-electron chi connectivity index (χ1n) is 5.79. The van der Waals surface area contributed by atoms with E-state index >= 15 is 0 Å². The van der Waals surface area contributed by atoms with Gasteiger partial charge >= 0.3 is 0 Å². The van der Waals surface area contributed by atoms with Crippen molar-refractivity contribution >= 4 is 10.8 Å². The number of aliphatic hydroxyl groups is 1. The molecule has 0 amide bonds. The summed E-state index contributed by atoms with van der Waals surface area (Å²) < 4.78 is 11.1. The van der Waals surface area contributed by atoms with E-state index in [-0.39, 0.29) is 5.25 Å². The molecule has 1 rings (SSSR count). The summed E-state index contributed by atoms with van der Waals surface area (Å²) in [6.07, 6.45) is 6.81. The Kier molecular flexibility index (Phi) is 5.23.